The zero-order valence-corrected chi connectivity index (χ0v) is 12.9. The molecular formula is C16H25NO2. The highest BCUT2D eigenvalue weighted by Crippen LogP contribution is 2.30. The van der Waals surface area contributed by atoms with Crippen molar-refractivity contribution in [3.63, 3.8) is 0 Å². The fourth-order valence-corrected chi connectivity index (χ4v) is 2.24. The molecule has 0 unspecified atom stereocenters. The molecule has 106 valence electrons. The summed E-state index contributed by atoms with van der Waals surface area (Å²) in [6.07, 6.45) is 0. The molecule has 0 saturated heterocycles. The summed E-state index contributed by atoms with van der Waals surface area (Å²) in [6, 6.07) is 3.95. The Bertz CT molecular complexity index is 448. The van der Waals surface area contributed by atoms with E-state index < -0.39 is 0 Å². The Hall–Kier alpha value is -1.51. The Kier molecular flexibility index (Phi) is 5.40. The van der Waals surface area contributed by atoms with E-state index in [2.05, 4.69) is 13.8 Å². The van der Waals surface area contributed by atoms with E-state index in [1.807, 2.05) is 37.8 Å². The number of hydrogen-bond acceptors (Lipinski definition) is 2. The molecule has 1 aromatic carbocycles. The third-order valence-electron chi connectivity index (χ3n) is 3.48. The maximum absolute atomic E-state index is 12.5. The molecule has 0 radical (unpaired) electrons. The first-order valence-corrected chi connectivity index (χ1v) is 6.93. The second-order valence-electron chi connectivity index (χ2n) is 5.04. The van der Waals surface area contributed by atoms with Crippen molar-refractivity contribution in [2.75, 3.05) is 20.2 Å². The molecule has 0 aliphatic heterocycles. The molecule has 0 aromatic heterocycles. The lowest BCUT2D eigenvalue weighted by atomic mass is 9.96. The van der Waals surface area contributed by atoms with Crippen LogP contribution in [0.4, 0.5) is 0 Å². The molecular weight excluding hydrogens is 238 g/mol. The zero-order valence-electron chi connectivity index (χ0n) is 12.9. The van der Waals surface area contributed by atoms with Gasteiger partial charge in [-0.15, -0.1) is 0 Å². The van der Waals surface area contributed by atoms with E-state index in [9.17, 15) is 4.79 Å². The van der Waals surface area contributed by atoms with Crippen LogP contribution in [-0.2, 0) is 0 Å². The average molecular weight is 263 g/mol. The van der Waals surface area contributed by atoms with Gasteiger partial charge in [0, 0.05) is 18.7 Å². The van der Waals surface area contributed by atoms with Crippen molar-refractivity contribution in [1.82, 2.24) is 4.90 Å². The van der Waals surface area contributed by atoms with Gasteiger partial charge in [0.05, 0.1) is 7.11 Å². The Balaban J connectivity index is 3.28. The largest absolute Gasteiger partial charge is 0.496 e. The van der Waals surface area contributed by atoms with Gasteiger partial charge in [0.1, 0.15) is 5.75 Å². The molecule has 1 aromatic rings. The van der Waals surface area contributed by atoms with Crippen molar-refractivity contribution in [2.45, 2.75) is 40.5 Å². The molecule has 0 heterocycles. The van der Waals surface area contributed by atoms with Crippen LogP contribution in [0.5, 0.6) is 5.75 Å². The summed E-state index contributed by atoms with van der Waals surface area (Å²) in [5, 5.41) is 0. The summed E-state index contributed by atoms with van der Waals surface area (Å²) in [5.74, 6) is 1.30. The number of nitrogens with zero attached hydrogens (tertiary/aromatic N) is 1. The first-order valence-electron chi connectivity index (χ1n) is 6.93. The summed E-state index contributed by atoms with van der Waals surface area (Å²) < 4.78 is 5.41. The monoisotopic (exact) mass is 263 g/mol. The maximum atomic E-state index is 12.5. The van der Waals surface area contributed by atoms with Crippen molar-refractivity contribution in [3.05, 3.63) is 28.8 Å². The number of amides is 1. The summed E-state index contributed by atoms with van der Waals surface area (Å²) >= 11 is 0. The van der Waals surface area contributed by atoms with E-state index in [1.54, 1.807) is 7.11 Å². The van der Waals surface area contributed by atoms with Gasteiger partial charge in [-0.3, -0.25) is 4.79 Å². The topological polar surface area (TPSA) is 29.5 Å². The molecule has 0 fully saturated rings. The first kappa shape index (κ1) is 15.5. The van der Waals surface area contributed by atoms with Crippen LogP contribution >= 0.6 is 0 Å². The summed E-state index contributed by atoms with van der Waals surface area (Å²) in [5.41, 5.74) is 2.84. The predicted molar refractivity (Wildman–Crippen MR) is 79.1 cm³/mol. The van der Waals surface area contributed by atoms with Gasteiger partial charge in [-0.05, 0) is 49.9 Å². The van der Waals surface area contributed by atoms with Crippen molar-refractivity contribution in [3.8, 4) is 5.75 Å². The van der Waals surface area contributed by atoms with E-state index in [4.69, 9.17) is 4.74 Å². The molecule has 0 bridgehead atoms. The van der Waals surface area contributed by atoms with E-state index >= 15 is 0 Å². The highest BCUT2D eigenvalue weighted by Gasteiger charge is 2.18. The van der Waals surface area contributed by atoms with Gasteiger partial charge >= 0.3 is 0 Å². The van der Waals surface area contributed by atoms with Gasteiger partial charge in [0.2, 0.25) is 0 Å². The number of hydrogen-bond donors (Lipinski definition) is 0. The summed E-state index contributed by atoms with van der Waals surface area (Å²) in [6.45, 7) is 11.7. The van der Waals surface area contributed by atoms with Crippen LogP contribution in [0.25, 0.3) is 0 Å². The second-order valence-corrected chi connectivity index (χ2v) is 5.04. The summed E-state index contributed by atoms with van der Waals surface area (Å²) in [4.78, 5) is 14.3. The van der Waals surface area contributed by atoms with Gasteiger partial charge in [0.25, 0.3) is 5.91 Å². The molecule has 1 rings (SSSR count). The Labute approximate surface area is 116 Å². The molecule has 0 atom stereocenters. The second kappa shape index (κ2) is 6.60. The van der Waals surface area contributed by atoms with Gasteiger partial charge in [-0.1, -0.05) is 13.8 Å². The molecule has 0 aliphatic carbocycles. The number of carbonyl (C=O) groups is 1. The normalized spacial score (nSPS) is 10.7. The van der Waals surface area contributed by atoms with Gasteiger partial charge < -0.3 is 9.64 Å². The molecule has 3 nitrogen and oxygen atoms in total. The fraction of sp³-hybridized carbons (Fsp3) is 0.562. The number of carbonyl (C=O) groups excluding carboxylic acids is 1. The van der Waals surface area contributed by atoms with Crippen LogP contribution in [-0.4, -0.2) is 31.0 Å². The van der Waals surface area contributed by atoms with Crippen molar-refractivity contribution in [2.24, 2.45) is 0 Å². The lowest BCUT2D eigenvalue weighted by molar-refractivity contribution is 0.0772. The molecule has 0 spiro atoms. The third-order valence-corrected chi connectivity index (χ3v) is 3.48. The van der Waals surface area contributed by atoms with Crippen LogP contribution < -0.4 is 4.74 Å². The van der Waals surface area contributed by atoms with Crippen molar-refractivity contribution >= 4 is 5.91 Å². The van der Waals surface area contributed by atoms with Gasteiger partial charge in [0.15, 0.2) is 0 Å². The highest BCUT2D eigenvalue weighted by atomic mass is 16.5. The van der Waals surface area contributed by atoms with Crippen LogP contribution in [0.2, 0.25) is 0 Å². The number of aryl methyl sites for hydroxylation is 1. The molecule has 1 amide bonds. The number of methoxy groups -OCH3 is 1. The number of rotatable bonds is 5. The fourth-order valence-electron chi connectivity index (χ4n) is 2.24. The first-order chi connectivity index (χ1) is 8.96. The van der Waals surface area contributed by atoms with Crippen molar-refractivity contribution < 1.29 is 9.53 Å². The zero-order chi connectivity index (χ0) is 14.6. The lowest BCUT2D eigenvalue weighted by Gasteiger charge is -2.22. The van der Waals surface area contributed by atoms with Crippen LogP contribution in [0.15, 0.2) is 12.1 Å². The quantitative estimate of drug-likeness (QED) is 0.812. The molecule has 0 saturated carbocycles. The van der Waals surface area contributed by atoms with E-state index in [1.165, 1.54) is 0 Å². The highest BCUT2D eigenvalue weighted by molar-refractivity contribution is 5.96. The smallest absolute Gasteiger partial charge is 0.254 e. The minimum Gasteiger partial charge on any atom is -0.496 e. The average Bonchev–Trinajstić information content (AvgIpc) is 2.39. The number of benzene rings is 1. The van der Waals surface area contributed by atoms with Gasteiger partial charge in [-0.25, -0.2) is 0 Å². The minimum absolute atomic E-state index is 0.104. The Morgan fingerprint density at radius 2 is 1.84 bits per heavy atom. The van der Waals surface area contributed by atoms with E-state index in [0.717, 1.165) is 35.5 Å². The summed E-state index contributed by atoms with van der Waals surface area (Å²) in [7, 11) is 1.67. The predicted octanol–water partition coefficient (Wildman–Crippen LogP) is 3.61. The van der Waals surface area contributed by atoms with E-state index in [-0.39, 0.29) is 5.91 Å². The van der Waals surface area contributed by atoms with E-state index in [0.29, 0.717) is 5.92 Å². The van der Waals surface area contributed by atoms with Crippen LogP contribution in [0.3, 0.4) is 0 Å². The molecule has 19 heavy (non-hydrogen) atoms. The molecule has 0 aliphatic rings. The third kappa shape index (κ3) is 3.28. The Morgan fingerprint density at radius 3 is 2.26 bits per heavy atom. The van der Waals surface area contributed by atoms with Crippen molar-refractivity contribution in [1.29, 1.82) is 0 Å². The lowest BCUT2D eigenvalue weighted by Crippen LogP contribution is -2.31. The Morgan fingerprint density at radius 1 is 1.26 bits per heavy atom. The molecule has 3 heteroatoms. The van der Waals surface area contributed by atoms with Crippen LogP contribution in [0.1, 0.15) is 55.1 Å². The minimum atomic E-state index is 0.104. The standard InChI is InChI=1S/C16H25NO2/c1-7-17(8-2)16(18)14-10-13(11(3)4)15(19-6)9-12(14)5/h9-11H,7-8H2,1-6H3. The molecule has 0 N–H and O–H groups in total. The SMILES string of the molecule is CCN(CC)C(=O)c1cc(C(C)C)c(OC)cc1C. The van der Waals surface area contributed by atoms with Gasteiger partial charge in [-0.2, -0.15) is 0 Å². The number of ether oxygens (including phenoxy) is 1. The van der Waals surface area contributed by atoms with Crippen LogP contribution in [0, 0.1) is 6.92 Å². The maximum Gasteiger partial charge on any atom is 0.254 e.